The van der Waals surface area contributed by atoms with Gasteiger partial charge in [0.05, 0.1) is 16.3 Å². The standard InChI is InChI=1S/C26H17Cl2F3N2O4/c1-14-2-4-15(5-3-14)13-37-22-9-7-18(27)10-16(22)11-19-23(34)32-25(36)33(24(19)35)21-12-17(26(29,30)31)6-8-20(21)28/h2-12H,13H2,1H3,(H,32,34,36)/b19-11-. The molecule has 3 aromatic rings. The monoisotopic (exact) mass is 548 g/mol. The number of carbonyl (C=O) groups is 3. The molecular weight excluding hydrogens is 532 g/mol. The summed E-state index contributed by atoms with van der Waals surface area (Å²) in [5.41, 5.74) is -0.0157. The molecule has 1 fully saturated rings. The topological polar surface area (TPSA) is 75.7 Å². The van der Waals surface area contributed by atoms with Crippen molar-refractivity contribution in [2.24, 2.45) is 0 Å². The van der Waals surface area contributed by atoms with E-state index in [2.05, 4.69) is 0 Å². The molecule has 0 atom stereocenters. The minimum atomic E-state index is -4.76. The lowest BCUT2D eigenvalue weighted by Gasteiger charge is -2.27. The first kappa shape index (κ1) is 26.2. The fraction of sp³-hybridized carbons (Fsp3) is 0.115. The fourth-order valence-corrected chi connectivity index (χ4v) is 3.88. The van der Waals surface area contributed by atoms with Crippen molar-refractivity contribution in [3.63, 3.8) is 0 Å². The number of nitrogens with zero attached hydrogens (tertiary/aromatic N) is 1. The summed E-state index contributed by atoms with van der Waals surface area (Å²) in [5, 5.41) is 1.93. The molecule has 4 amide bonds. The molecule has 11 heteroatoms. The van der Waals surface area contributed by atoms with E-state index in [1.54, 1.807) is 12.1 Å². The maximum Gasteiger partial charge on any atom is 0.416 e. The molecule has 1 aliphatic heterocycles. The number of alkyl halides is 3. The van der Waals surface area contributed by atoms with Gasteiger partial charge < -0.3 is 4.74 Å². The van der Waals surface area contributed by atoms with Crippen molar-refractivity contribution in [1.29, 1.82) is 0 Å². The summed E-state index contributed by atoms with van der Waals surface area (Å²) in [6.07, 6.45) is -3.61. The van der Waals surface area contributed by atoms with Crippen LogP contribution in [0.2, 0.25) is 10.0 Å². The van der Waals surface area contributed by atoms with Crippen LogP contribution in [0.25, 0.3) is 6.08 Å². The molecule has 0 spiro atoms. The van der Waals surface area contributed by atoms with Crippen LogP contribution in [-0.2, 0) is 22.4 Å². The zero-order valence-corrected chi connectivity index (χ0v) is 20.5. The number of carbonyl (C=O) groups excluding carboxylic acids is 3. The summed E-state index contributed by atoms with van der Waals surface area (Å²) in [7, 11) is 0. The maximum absolute atomic E-state index is 13.2. The van der Waals surface area contributed by atoms with Gasteiger partial charge in [-0.05, 0) is 55.0 Å². The first-order valence-electron chi connectivity index (χ1n) is 10.7. The SMILES string of the molecule is Cc1ccc(COc2ccc(Cl)cc2/C=C2/C(=O)NC(=O)N(c3cc(C(F)(F)F)ccc3Cl)C2=O)cc1. The lowest BCUT2D eigenvalue weighted by atomic mass is 10.1. The normalized spacial score (nSPS) is 15.2. The maximum atomic E-state index is 13.2. The molecule has 6 nitrogen and oxygen atoms in total. The van der Waals surface area contributed by atoms with Gasteiger partial charge in [-0.25, -0.2) is 9.69 Å². The van der Waals surface area contributed by atoms with Crippen molar-refractivity contribution in [1.82, 2.24) is 5.32 Å². The Labute approximate surface area is 219 Å². The summed E-state index contributed by atoms with van der Waals surface area (Å²) in [6, 6.07) is 13.1. The van der Waals surface area contributed by atoms with Crippen molar-refractivity contribution < 1.29 is 32.3 Å². The summed E-state index contributed by atoms with van der Waals surface area (Å²) >= 11 is 12.1. The molecule has 1 aliphatic rings. The number of imide groups is 2. The molecular formula is C26H17Cl2F3N2O4. The summed E-state index contributed by atoms with van der Waals surface area (Å²) in [6.45, 7) is 2.11. The van der Waals surface area contributed by atoms with Gasteiger partial charge in [-0.3, -0.25) is 14.9 Å². The van der Waals surface area contributed by atoms with E-state index in [-0.39, 0.29) is 28.0 Å². The largest absolute Gasteiger partial charge is 0.488 e. The zero-order valence-electron chi connectivity index (χ0n) is 19.0. The number of anilines is 1. The van der Waals surface area contributed by atoms with Gasteiger partial charge in [0, 0.05) is 10.6 Å². The Morgan fingerprint density at radius 3 is 2.35 bits per heavy atom. The van der Waals surface area contributed by atoms with E-state index in [1.165, 1.54) is 6.07 Å². The average Bonchev–Trinajstić information content (AvgIpc) is 2.82. The van der Waals surface area contributed by atoms with Crippen LogP contribution < -0.4 is 15.0 Å². The summed E-state index contributed by atoms with van der Waals surface area (Å²) < 4.78 is 45.6. The van der Waals surface area contributed by atoms with E-state index in [0.29, 0.717) is 17.0 Å². The first-order chi connectivity index (χ1) is 17.4. The highest BCUT2D eigenvalue weighted by molar-refractivity contribution is 6.42. The van der Waals surface area contributed by atoms with E-state index in [4.69, 9.17) is 27.9 Å². The molecule has 4 rings (SSSR count). The number of halogens is 5. The van der Waals surface area contributed by atoms with Gasteiger partial charge in [0.15, 0.2) is 0 Å². The Morgan fingerprint density at radius 2 is 1.68 bits per heavy atom. The molecule has 0 bridgehead atoms. The number of benzene rings is 3. The van der Waals surface area contributed by atoms with Gasteiger partial charge >= 0.3 is 12.2 Å². The van der Waals surface area contributed by atoms with E-state index >= 15 is 0 Å². The number of hydrogen-bond acceptors (Lipinski definition) is 4. The number of barbiturate groups is 1. The molecule has 0 radical (unpaired) electrons. The highest BCUT2D eigenvalue weighted by atomic mass is 35.5. The van der Waals surface area contributed by atoms with Crippen LogP contribution >= 0.6 is 23.2 Å². The molecule has 1 saturated heterocycles. The highest BCUT2D eigenvalue weighted by Crippen LogP contribution is 2.37. The lowest BCUT2D eigenvalue weighted by Crippen LogP contribution is -2.54. The fourth-order valence-electron chi connectivity index (χ4n) is 3.50. The second kappa shape index (κ2) is 10.3. The van der Waals surface area contributed by atoms with Crippen LogP contribution in [0.3, 0.4) is 0 Å². The number of hydrogen-bond donors (Lipinski definition) is 1. The first-order valence-corrected chi connectivity index (χ1v) is 11.5. The van der Waals surface area contributed by atoms with Crippen molar-refractivity contribution in [3.8, 4) is 5.75 Å². The van der Waals surface area contributed by atoms with Crippen LogP contribution in [-0.4, -0.2) is 17.8 Å². The molecule has 0 unspecified atom stereocenters. The third-order valence-corrected chi connectivity index (χ3v) is 5.96. The van der Waals surface area contributed by atoms with Crippen LogP contribution in [0.1, 0.15) is 22.3 Å². The van der Waals surface area contributed by atoms with Gasteiger partial charge in [-0.1, -0.05) is 53.0 Å². The second-order valence-electron chi connectivity index (χ2n) is 8.08. The summed E-state index contributed by atoms with van der Waals surface area (Å²) in [5.74, 6) is -1.93. The minimum absolute atomic E-state index is 0.169. The number of nitrogens with one attached hydrogen (secondary N) is 1. The highest BCUT2D eigenvalue weighted by Gasteiger charge is 2.39. The Bertz CT molecular complexity index is 1440. The molecule has 1 heterocycles. The van der Waals surface area contributed by atoms with Crippen molar-refractivity contribution in [2.45, 2.75) is 19.7 Å². The Balaban J connectivity index is 1.71. The van der Waals surface area contributed by atoms with Crippen LogP contribution in [0.15, 0.2) is 66.2 Å². The van der Waals surface area contributed by atoms with E-state index in [9.17, 15) is 27.6 Å². The number of amides is 4. The number of urea groups is 1. The van der Waals surface area contributed by atoms with Crippen molar-refractivity contribution in [3.05, 3.63) is 98.5 Å². The van der Waals surface area contributed by atoms with Crippen LogP contribution in [0, 0.1) is 6.92 Å². The van der Waals surface area contributed by atoms with E-state index in [1.807, 2.05) is 36.5 Å². The predicted octanol–water partition coefficient (Wildman–Crippen LogP) is 6.57. The molecule has 0 aliphatic carbocycles. The molecule has 1 N–H and O–H groups in total. The molecule has 0 aromatic heterocycles. The van der Waals surface area contributed by atoms with E-state index < -0.39 is 40.8 Å². The molecule has 190 valence electrons. The van der Waals surface area contributed by atoms with E-state index in [0.717, 1.165) is 23.3 Å². The molecule has 0 saturated carbocycles. The van der Waals surface area contributed by atoms with Crippen LogP contribution in [0.5, 0.6) is 5.75 Å². The lowest BCUT2D eigenvalue weighted by molar-refractivity contribution is -0.137. The Kier molecular flexibility index (Phi) is 7.29. The number of ether oxygens (including phenoxy) is 1. The predicted molar refractivity (Wildman–Crippen MR) is 132 cm³/mol. The third-order valence-electron chi connectivity index (χ3n) is 5.40. The Morgan fingerprint density at radius 1 is 0.973 bits per heavy atom. The minimum Gasteiger partial charge on any atom is -0.488 e. The van der Waals surface area contributed by atoms with Crippen molar-refractivity contribution >= 4 is 52.8 Å². The Hall–Kier alpha value is -3.82. The van der Waals surface area contributed by atoms with Gasteiger partial charge in [0.1, 0.15) is 17.9 Å². The third kappa shape index (κ3) is 5.79. The molecule has 3 aromatic carbocycles. The number of rotatable bonds is 5. The van der Waals surface area contributed by atoms with Gasteiger partial charge in [-0.2, -0.15) is 13.2 Å². The quantitative estimate of drug-likeness (QED) is 0.289. The average molecular weight is 549 g/mol. The van der Waals surface area contributed by atoms with Gasteiger partial charge in [-0.15, -0.1) is 0 Å². The summed E-state index contributed by atoms with van der Waals surface area (Å²) in [4.78, 5) is 38.7. The van der Waals surface area contributed by atoms with Crippen LogP contribution in [0.4, 0.5) is 23.7 Å². The number of aryl methyl sites for hydroxylation is 1. The smallest absolute Gasteiger partial charge is 0.416 e. The van der Waals surface area contributed by atoms with Gasteiger partial charge in [0.2, 0.25) is 0 Å². The van der Waals surface area contributed by atoms with Crippen molar-refractivity contribution in [2.75, 3.05) is 4.90 Å². The second-order valence-corrected chi connectivity index (χ2v) is 8.92. The zero-order chi connectivity index (χ0) is 26.9. The van der Waals surface area contributed by atoms with Gasteiger partial charge in [0.25, 0.3) is 11.8 Å². The molecule has 37 heavy (non-hydrogen) atoms.